The third-order valence-corrected chi connectivity index (χ3v) is 3.39. The summed E-state index contributed by atoms with van der Waals surface area (Å²) in [5.41, 5.74) is 1.07. The lowest BCUT2D eigenvalue weighted by Crippen LogP contribution is -2.21. The quantitative estimate of drug-likeness (QED) is 0.870. The Morgan fingerprint density at radius 3 is 3.00 bits per heavy atom. The average molecular weight is 255 g/mol. The van der Waals surface area contributed by atoms with Gasteiger partial charge in [-0.15, -0.1) is 0 Å². The van der Waals surface area contributed by atoms with E-state index in [1.54, 1.807) is 7.11 Å². The molecule has 0 bridgehead atoms. The molecule has 17 heavy (non-hydrogen) atoms. The van der Waals surface area contributed by atoms with E-state index < -0.39 is 0 Å². The van der Waals surface area contributed by atoms with Gasteiger partial charge in [-0.3, -0.25) is 0 Å². The molecule has 0 aromatic heterocycles. The van der Waals surface area contributed by atoms with E-state index in [0.717, 1.165) is 30.9 Å². The topological polar surface area (TPSA) is 33.3 Å². The molecule has 0 spiro atoms. The van der Waals surface area contributed by atoms with Crippen LogP contribution in [-0.4, -0.2) is 26.2 Å². The molecule has 1 unspecified atom stereocenters. The molecule has 1 aliphatic heterocycles. The largest absolute Gasteiger partial charge is 0.495 e. The third kappa shape index (κ3) is 3.51. The van der Waals surface area contributed by atoms with Crippen molar-refractivity contribution in [3.63, 3.8) is 0 Å². The standard InChI is InChI=1S/C13H19ClN2O/c1-17-13-5-4-11(9-12(13)14)16-10-3-2-7-15-8-6-10/h4-5,9-10,15-16H,2-3,6-8H2,1H3. The highest BCUT2D eigenvalue weighted by Crippen LogP contribution is 2.28. The molecule has 1 aromatic carbocycles. The van der Waals surface area contributed by atoms with Crippen LogP contribution in [0.2, 0.25) is 5.02 Å². The highest BCUT2D eigenvalue weighted by atomic mass is 35.5. The van der Waals surface area contributed by atoms with Gasteiger partial charge in [-0.2, -0.15) is 0 Å². The van der Waals surface area contributed by atoms with E-state index in [4.69, 9.17) is 16.3 Å². The second kappa shape index (κ2) is 6.12. The Bertz CT molecular complexity index is 362. The van der Waals surface area contributed by atoms with Crippen LogP contribution in [0.15, 0.2) is 18.2 Å². The summed E-state index contributed by atoms with van der Waals surface area (Å²) in [6, 6.07) is 6.39. The van der Waals surface area contributed by atoms with Gasteiger partial charge in [-0.25, -0.2) is 0 Å². The molecule has 1 heterocycles. The summed E-state index contributed by atoms with van der Waals surface area (Å²) in [5.74, 6) is 0.722. The Hall–Kier alpha value is -0.930. The minimum Gasteiger partial charge on any atom is -0.495 e. The Morgan fingerprint density at radius 2 is 2.24 bits per heavy atom. The zero-order valence-corrected chi connectivity index (χ0v) is 10.9. The highest BCUT2D eigenvalue weighted by molar-refractivity contribution is 6.32. The van der Waals surface area contributed by atoms with Crippen LogP contribution >= 0.6 is 11.6 Å². The SMILES string of the molecule is COc1ccc(NC2CCCNCC2)cc1Cl. The van der Waals surface area contributed by atoms with Gasteiger partial charge in [0.05, 0.1) is 12.1 Å². The van der Waals surface area contributed by atoms with Gasteiger partial charge < -0.3 is 15.4 Å². The molecule has 0 saturated carbocycles. The monoisotopic (exact) mass is 254 g/mol. The van der Waals surface area contributed by atoms with Crippen molar-refractivity contribution in [3.05, 3.63) is 23.2 Å². The summed E-state index contributed by atoms with van der Waals surface area (Å²) < 4.78 is 5.14. The minimum atomic E-state index is 0.537. The lowest BCUT2D eigenvalue weighted by Gasteiger charge is -2.18. The van der Waals surface area contributed by atoms with Crippen molar-refractivity contribution in [2.75, 3.05) is 25.5 Å². The fraction of sp³-hybridized carbons (Fsp3) is 0.538. The Balaban J connectivity index is 1.99. The summed E-state index contributed by atoms with van der Waals surface area (Å²) in [5, 5.41) is 7.60. The average Bonchev–Trinajstić information content (AvgIpc) is 2.58. The first-order valence-electron chi connectivity index (χ1n) is 6.10. The lowest BCUT2D eigenvalue weighted by molar-refractivity contribution is 0.415. The van der Waals surface area contributed by atoms with Crippen molar-refractivity contribution >= 4 is 17.3 Å². The molecule has 1 aromatic rings. The summed E-state index contributed by atoms with van der Waals surface area (Å²) in [4.78, 5) is 0. The van der Waals surface area contributed by atoms with Crippen LogP contribution in [0.4, 0.5) is 5.69 Å². The molecule has 0 amide bonds. The van der Waals surface area contributed by atoms with Crippen LogP contribution in [0.25, 0.3) is 0 Å². The number of halogens is 1. The number of methoxy groups -OCH3 is 1. The Kier molecular flexibility index (Phi) is 4.51. The van der Waals surface area contributed by atoms with Crippen molar-refractivity contribution in [3.8, 4) is 5.75 Å². The third-order valence-electron chi connectivity index (χ3n) is 3.10. The van der Waals surface area contributed by atoms with Crippen LogP contribution in [0.1, 0.15) is 19.3 Å². The molecule has 1 saturated heterocycles. The van der Waals surface area contributed by atoms with E-state index in [9.17, 15) is 0 Å². The second-order valence-electron chi connectivity index (χ2n) is 4.37. The zero-order chi connectivity index (χ0) is 12.1. The number of ether oxygens (including phenoxy) is 1. The molecule has 0 radical (unpaired) electrons. The Labute approximate surface area is 107 Å². The van der Waals surface area contributed by atoms with Gasteiger partial charge in [0.25, 0.3) is 0 Å². The van der Waals surface area contributed by atoms with E-state index in [-0.39, 0.29) is 0 Å². The van der Waals surface area contributed by atoms with Crippen molar-refractivity contribution < 1.29 is 4.74 Å². The summed E-state index contributed by atoms with van der Waals surface area (Å²) in [7, 11) is 1.63. The van der Waals surface area contributed by atoms with Crippen LogP contribution in [0.5, 0.6) is 5.75 Å². The Morgan fingerprint density at radius 1 is 1.35 bits per heavy atom. The molecule has 2 N–H and O–H groups in total. The minimum absolute atomic E-state index is 0.537. The number of hydrogen-bond donors (Lipinski definition) is 2. The molecule has 4 heteroatoms. The first kappa shape index (κ1) is 12.5. The van der Waals surface area contributed by atoms with Gasteiger partial charge in [-0.05, 0) is 50.6 Å². The molecule has 2 rings (SSSR count). The molecule has 1 atom stereocenters. The maximum absolute atomic E-state index is 6.10. The molecule has 1 aliphatic rings. The first-order chi connectivity index (χ1) is 8.29. The highest BCUT2D eigenvalue weighted by Gasteiger charge is 2.12. The van der Waals surface area contributed by atoms with Crippen LogP contribution < -0.4 is 15.4 Å². The predicted molar refractivity (Wildman–Crippen MR) is 72.1 cm³/mol. The van der Waals surface area contributed by atoms with E-state index in [1.165, 1.54) is 12.8 Å². The molecule has 94 valence electrons. The maximum atomic E-state index is 6.10. The van der Waals surface area contributed by atoms with Crippen molar-refractivity contribution in [2.24, 2.45) is 0 Å². The van der Waals surface area contributed by atoms with Crippen molar-refractivity contribution in [2.45, 2.75) is 25.3 Å². The summed E-state index contributed by atoms with van der Waals surface area (Å²) in [6.45, 7) is 2.21. The zero-order valence-electron chi connectivity index (χ0n) is 10.1. The summed E-state index contributed by atoms with van der Waals surface area (Å²) in [6.07, 6.45) is 3.59. The number of hydrogen-bond acceptors (Lipinski definition) is 3. The number of nitrogens with one attached hydrogen (secondary N) is 2. The smallest absolute Gasteiger partial charge is 0.137 e. The number of anilines is 1. The van der Waals surface area contributed by atoms with E-state index in [0.29, 0.717) is 11.1 Å². The van der Waals surface area contributed by atoms with E-state index in [2.05, 4.69) is 10.6 Å². The fourth-order valence-corrected chi connectivity index (χ4v) is 2.41. The molecular formula is C13H19ClN2O. The van der Waals surface area contributed by atoms with Crippen LogP contribution in [-0.2, 0) is 0 Å². The molecular weight excluding hydrogens is 236 g/mol. The maximum Gasteiger partial charge on any atom is 0.137 e. The van der Waals surface area contributed by atoms with Gasteiger partial charge in [0, 0.05) is 11.7 Å². The predicted octanol–water partition coefficient (Wildman–Crippen LogP) is 2.90. The molecule has 0 aliphatic carbocycles. The molecule has 1 fully saturated rings. The van der Waals surface area contributed by atoms with Gasteiger partial charge >= 0.3 is 0 Å². The van der Waals surface area contributed by atoms with Gasteiger partial charge in [0.15, 0.2) is 0 Å². The van der Waals surface area contributed by atoms with Gasteiger partial charge in [0.2, 0.25) is 0 Å². The molecule has 3 nitrogen and oxygen atoms in total. The van der Waals surface area contributed by atoms with Crippen molar-refractivity contribution in [1.29, 1.82) is 0 Å². The number of rotatable bonds is 3. The second-order valence-corrected chi connectivity index (χ2v) is 4.78. The van der Waals surface area contributed by atoms with E-state index in [1.807, 2.05) is 18.2 Å². The number of benzene rings is 1. The first-order valence-corrected chi connectivity index (χ1v) is 6.48. The van der Waals surface area contributed by atoms with E-state index >= 15 is 0 Å². The van der Waals surface area contributed by atoms with Crippen LogP contribution in [0, 0.1) is 0 Å². The van der Waals surface area contributed by atoms with Gasteiger partial charge in [-0.1, -0.05) is 11.6 Å². The lowest BCUT2D eigenvalue weighted by atomic mass is 10.1. The summed E-state index contributed by atoms with van der Waals surface area (Å²) >= 11 is 6.10. The van der Waals surface area contributed by atoms with Gasteiger partial charge in [0.1, 0.15) is 5.75 Å². The van der Waals surface area contributed by atoms with Crippen molar-refractivity contribution in [1.82, 2.24) is 5.32 Å². The van der Waals surface area contributed by atoms with Crippen LogP contribution in [0.3, 0.4) is 0 Å². The normalized spacial score (nSPS) is 20.7. The fourth-order valence-electron chi connectivity index (χ4n) is 2.16.